The molecule has 3 N–H and O–H groups in total. The molecular weight excluding hydrogens is 330 g/mol. The second kappa shape index (κ2) is 6.36. The van der Waals surface area contributed by atoms with Crippen LogP contribution in [-0.2, 0) is 0 Å². The molecule has 0 bridgehead atoms. The molecular formula is C16H22BrN3O. The first-order chi connectivity index (χ1) is 10.1. The summed E-state index contributed by atoms with van der Waals surface area (Å²) in [4.78, 5) is 14.0. The van der Waals surface area contributed by atoms with E-state index in [-0.39, 0.29) is 5.91 Å². The van der Waals surface area contributed by atoms with E-state index in [4.69, 9.17) is 5.73 Å². The number of carbonyl (C=O) groups is 1. The van der Waals surface area contributed by atoms with Crippen molar-refractivity contribution in [3.05, 3.63) is 28.2 Å². The monoisotopic (exact) mass is 351 g/mol. The van der Waals surface area contributed by atoms with Crippen molar-refractivity contribution in [1.82, 2.24) is 5.32 Å². The number of hydrogen-bond acceptors (Lipinski definition) is 3. The lowest BCUT2D eigenvalue weighted by molar-refractivity contribution is 0.1000. The number of nitrogens with one attached hydrogen (secondary N) is 1. The maximum Gasteiger partial charge on any atom is 0.251 e. The van der Waals surface area contributed by atoms with Crippen LogP contribution in [0.25, 0.3) is 0 Å². The first-order valence-electron chi connectivity index (χ1n) is 7.72. The zero-order valence-electron chi connectivity index (χ0n) is 12.1. The first-order valence-corrected chi connectivity index (χ1v) is 8.51. The highest BCUT2D eigenvalue weighted by Crippen LogP contribution is 2.30. The highest BCUT2D eigenvalue weighted by molar-refractivity contribution is 9.10. The van der Waals surface area contributed by atoms with Gasteiger partial charge in [0.2, 0.25) is 0 Å². The molecule has 3 rings (SSSR count). The van der Waals surface area contributed by atoms with Gasteiger partial charge in [-0.15, -0.1) is 0 Å². The summed E-state index contributed by atoms with van der Waals surface area (Å²) >= 11 is 3.43. The van der Waals surface area contributed by atoms with Gasteiger partial charge >= 0.3 is 0 Å². The summed E-state index contributed by atoms with van der Waals surface area (Å²) in [6.45, 7) is 3.12. The van der Waals surface area contributed by atoms with E-state index in [1.54, 1.807) is 0 Å². The Morgan fingerprint density at radius 1 is 1.29 bits per heavy atom. The van der Waals surface area contributed by atoms with Gasteiger partial charge in [-0.3, -0.25) is 4.79 Å². The van der Waals surface area contributed by atoms with Crippen molar-refractivity contribution in [3.63, 3.8) is 0 Å². The Kier molecular flexibility index (Phi) is 4.50. The van der Waals surface area contributed by atoms with Gasteiger partial charge in [-0.2, -0.15) is 0 Å². The molecule has 0 atom stereocenters. The van der Waals surface area contributed by atoms with Crippen LogP contribution in [0.3, 0.4) is 0 Å². The molecule has 1 aliphatic carbocycles. The van der Waals surface area contributed by atoms with Crippen molar-refractivity contribution in [2.24, 2.45) is 11.7 Å². The minimum Gasteiger partial charge on any atom is -0.371 e. The maximum atomic E-state index is 11.7. The van der Waals surface area contributed by atoms with Crippen LogP contribution >= 0.6 is 15.9 Å². The fourth-order valence-corrected chi connectivity index (χ4v) is 3.55. The van der Waals surface area contributed by atoms with Gasteiger partial charge < -0.3 is 16.0 Å². The van der Waals surface area contributed by atoms with Crippen LogP contribution in [0, 0.1) is 5.92 Å². The molecule has 1 aromatic rings. The SMILES string of the molecule is NC(=O)c1c(Br)cccc1N1CCC(NCC2CC2)CC1. The summed E-state index contributed by atoms with van der Waals surface area (Å²) in [5, 5.41) is 3.68. The first kappa shape index (κ1) is 14.9. The number of benzene rings is 1. The molecule has 1 aliphatic heterocycles. The molecule has 1 saturated carbocycles. The fraction of sp³-hybridized carbons (Fsp3) is 0.562. The van der Waals surface area contributed by atoms with E-state index >= 15 is 0 Å². The highest BCUT2D eigenvalue weighted by atomic mass is 79.9. The Bertz CT molecular complexity index is 522. The molecule has 0 spiro atoms. The summed E-state index contributed by atoms with van der Waals surface area (Å²) in [7, 11) is 0. The Morgan fingerprint density at radius 3 is 2.62 bits per heavy atom. The quantitative estimate of drug-likeness (QED) is 0.856. The normalized spacial score (nSPS) is 19.8. The largest absolute Gasteiger partial charge is 0.371 e. The van der Waals surface area contributed by atoms with Gasteiger partial charge in [0.1, 0.15) is 0 Å². The Labute approximate surface area is 134 Å². The summed E-state index contributed by atoms with van der Waals surface area (Å²) in [5.41, 5.74) is 7.08. The van der Waals surface area contributed by atoms with E-state index in [0.717, 1.165) is 42.0 Å². The maximum absolute atomic E-state index is 11.7. The van der Waals surface area contributed by atoms with E-state index in [1.165, 1.54) is 19.4 Å². The molecule has 1 saturated heterocycles. The molecule has 0 unspecified atom stereocenters. The summed E-state index contributed by atoms with van der Waals surface area (Å²) in [6.07, 6.45) is 5.03. The number of nitrogens with zero attached hydrogens (tertiary/aromatic N) is 1. The van der Waals surface area contributed by atoms with Gasteiger partial charge in [-0.1, -0.05) is 6.07 Å². The van der Waals surface area contributed by atoms with Crippen molar-refractivity contribution < 1.29 is 4.79 Å². The number of piperidine rings is 1. The number of primary amides is 1. The predicted octanol–water partition coefficient (Wildman–Crippen LogP) is 2.52. The summed E-state index contributed by atoms with van der Waals surface area (Å²) in [6, 6.07) is 6.44. The van der Waals surface area contributed by atoms with E-state index < -0.39 is 0 Å². The second-order valence-corrected chi connectivity index (χ2v) is 6.97. The molecule has 2 fully saturated rings. The fourth-order valence-electron chi connectivity index (χ4n) is 3.00. The molecule has 0 aromatic heterocycles. The van der Waals surface area contributed by atoms with Crippen LogP contribution in [0.2, 0.25) is 0 Å². The van der Waals surface area contributed by atoms with E-state index in [0.29, 0.717) is 11.6 Å². The topological polar surface area (TPSA) is 58.4 Å². The number of rotatable bonds is 5. The van der Waals surface area contributed by atoms with Crippen molar-refractivity contribution in [1.29, 1.82) is 0 Å². The molecule has 1 amide bonds. The van der Waals surface area contributed by atoms with E-state index in [1.807, 2.05) is 18.2 Å². The molecule has 4 nitrogen and oxygen atoms in total. The number of halogens is 1. The van der Waals surface area contributed by atoms with Crippen LogP contribution in [0.4, 0.5) is 5.69 Å². The molecule has 0 radical (unpaired) electrons. The standard InChI is InChI=1S/C16H22BrN3O/c17-13-2-1-3-14(15(13)16(18)21)20-8-6-12(7-9-20)19-10-11-4-5-11/h1-3,11-12,19H,4-10H2,(H2,18,21). The summed E-state index contributed by atoms with van der Waals surface area (Å²) in [5.74, 6) is 0.557. The number of amides is 1. The Balaban J connectivity index is 1.63. The van der Waals surface area contributed by atoms with Crippen molar-refractivity contribution in [2.45, 2.75) is 31.7 Å². The zero-order valence-corrected chi connectivity index (χ0v) is 13.7. The van der Waals surface area contributed by atoms with Gasteiger partial charge in [0, 0.05) is 23.6 Å². The lowest BCUT2D eigenvalue weighted by Crippen LogP contribution is -2.43. The number of hydrogen-bond donors (Lipinski definition) is 2. The predicted molar refractivity (Wildman–Crippen MR) is 88.6 cm³/mol. The smallest absolute Gasteiger partial charge is 0.251 e. The van der Waals surface area contributed by atoms with Crippen molar-refractivity contribution in [2.75, 3.05) is 24.5 Å². The second-order valence-electron chi connectivity index (χ2n) is 6.11. The lowest BCUT2D eigenvalue weighted by atomic mass is 10.0. The van der Waals surface area contributed by atoms with E-state index in [2.05, 4.69) is 26.1 Å². The zero-order chi connectivity index (χ0) is 14.8. The molecule has 1 aromatic carbocycles. The van der Waals surface area contributed by atoms with Gasteiger partial charge in [-0.25, -0.2) is 0 Å². The lowest BCUT2D eigenvalue weighted by Gasteiger charge is -2.35. The van der Waals surface area contributed by atoms with Gasteiger partial charge in [0.05, 0.1) is 11.3 Å². The third-order valence-corrected chi connectivity index (χ3v) is 5.13. The van der Waals surface area contributed by atoms with E-state index in [9.17, 15) is 4.79 Å². The number of anilines is 1. The third kappa shape index (κ3) is 3.58. The summed E-state index contributed by atoms with van der Waals surface area (Å²) < 4.78 is 0.779. The molecule has 21 heavy (non-hydrogen) atoms. The van der Waals surface area contributed by atoms with Crippen LogP contribution in [0.15, 0.2) is 22.7 Å². The van der Waals surface area contributed by atoms with Crippen LogP contribution < -0.4 is 16.0 Å². The molecule has 114 valence electrons. The van der Waals surface area contributed by atoms with Crippen molar-refractivity contribution in [3.8, 4) is 0 Å². The molecule has 1 heterocycles. The number of nitrogens with two attached hydrogens (primary N) is 1. The van der Waals surface area contributed by atoms with Gasteiger partial charge in [-0.05, 0) is 66.2 Å². The average Bonchev–Trinajstić information content (AvgIpc) is 3.29. The van der Waals surface area contributed by atoms with Crippen molar-refractivity contribution >= 4 is 27.5 Å². The third-order valence-electron chi connectivity index (χ3n) is 4.47. The Hall–Kier alpha value is -1.07. The highest BCUT2D eigenvalue weighted by Gasteiger charge is 2.26. The minimum atomic E-state index is -0.369. The van der Waals surface area contributed by atoms with Gasteiger partial charge in [0.15, 0.2) is 0 Å². The Morgan fingerprint density at radius 2 is 2.00 bits per heavy atom. The van der Waals surface area contributed by atoms with Crippen LogP contribution in [0.1, 0.15) is 36.0 Å². The van der Waals surface area contributed by atoms with Crippen LogP contribution in [-0.4, -0.2) is 31.6 Å². The van der Waals surface area contributed by atoms with Gasteiger partial charge in [0.25, 0.3) is 5.91 Å². The molecule has 5 heteroatoms. The molecule has 2 aliphatic rings. The number of carbonyl (C=O) groups excluding carboxylic acids is 1. The van der Waals surface area contributed by atoms with Crippen LogP contribution in [0.5, 0.6) is 0 Å². The average molecular weight is 352 g/mol. The minimum absolute atomic E-state index is 0.369.